The first kappa shape index (κ1) is 14.1. The summed E-state index contributed by atoms with van der Waals surface area (Å²) in [5.74, 6) is 0. The molecule has 0 radical (unpaired) electrons. The van der Waals surface area contributed by atoms with E-state index in [9.17, 15) is 4.79 Å². The van der Waals surface area contributed by atoms with Gasteiger partial charge in [-0.05, 0) is 45.3 Å². The molecule has 6 nitrogen and oxygen atoms in total. The quantitative estimate of drug-likeness (QED) is 0.811. The van der Waals surface area contributed by atoms with Crippen LogP contribution in [0.3, 0.4) is 0 Å². The van der Waals surface area contributed by atoms with Gasteiger partial charge in [-0.2, -0.15) is 0 Å². The van der Waals surface area contributed by atoms with E-state index in [2.05, 4.69) is 4.98 Å². The second kappa shape index (κ2) is 4.32. The van der Waals surface area contributed by atoms with Crippen molar-refractivity contribution in [2.45, 2.75) is 38.9 Å². The average Bonchev–Trinajstić information content (AvgIpc) is 2.87. The minimum atomic E-state index is -1.07. The van der Waals surface area contributed by atoms with Gasteiger partial charge in [0.15, 0.2) is 0 Å². The lowest BCUT2D eigenvalue weighted by Crippen LogP contribution is -2.41. The third kappa shape index (κ3) is 2.13. The summed E-state index contributed by atoms with van der Waals surface area (Å²) >= 11 is 0. The van der Waals surface area contributed by atoms with Crippen LogP contribution in [0, 0.1) is 0 Å². The van der Waals surface area contributed by atoms with Gasteiger partial charge in [0.1, 0.15) is 6.33 Å². The Hall–Kier alpha value is -1.86. The van der Waals surface area contributed by atoms with E-state index in [1.54, 1.807) is 12.1 Å². The molecule has 2 aromatic rings. The summed E-state index contributed by atoms with van der Waals surface area (Å²) in [6.07, 6.45) is 0.227. The van der Waals surface area contributed by atoms with Crippen LogP contribution in [0.25, 0.3) is 11.0 Å². The highest BCUT2D eigenvalue weighted by molar-refractivity contribution is 6.62. The number of imidazole rings is 1. The number of rotatable bonds is 1. The Morgan fingerprint density at radius 1 is 1.24 bits per heavy atom. The van der Waals surface area contributed by atoms with Crippen LogP contribution >= 0.6 is 0 Å². The largest absolute Gasteiger partial charge is 0.494 e. The Balaban J connectivity index is 2.03. The van der Waals surface area contributed by atoms with Crippen LogP contribution in [0.4, 0.5) is 4.79 Å². The Kier molecular flexibility index (Phi) is 2.90. The molecular weight excluding hydrogens is 271 g/mol. The summed E-state index contributed by atoms with van der Waals surface area (Å²) in [6.45, 7) is 7.92. The molecule has 2 heterocycles. The third-order valence-corrected chi connectivity index (χ3v) is 4.30. The van der Waals surface area contributed by atoms with Crippen molar-refractivity contribution in [3.63, 3.8) is 0 Å². The van der Waals surface area contributed by atoms with Gasteiger partial charge in [0, 0.05) is 0 Å². The molecule has 0 atom stereocenters. The van der Waals surface area contributed by atoms with Crippen LogP contribution < -0.4 is 5.46 Å². The van der Waals surface area contributed by atoms with Gasteiger partial charge in [-0.25, -0.2) is 14.3 Å². The summed E-state index contributed by atoms with van der Waals surface area (Å²) in [7, 11) is -0.517. The topological polar surface area (TPSA) is 73.6 Å². The summed E-state index contributed by atoms with van der Waals surface area (Å²) in [5, 5.41) is 9.15. The number of carbonyl (C=O) groups is 1. The molecule has 1 aliphatic heterocycles. The number of hydrogen-bond donors (Lipinski definition) is 1. The van der Waals surface area contributed by atoms with E-state index in [4.69, 9.17) is 14.4 Å². The van der Waals surface area contributed by atoms with E-state index in [-0.39, 0.29) is 0 Å². The van der Waals surface area contributed by atoms with Crippen LogP contribution in [0.15, 0.2) is 24.5 Å². The van der Waals surface area contributed by atoms with E-state index in [0.717, 1.165) is 10.0 Å². The molecule has 1 N–H and O–H groups in total. The van der Waals surface area contributed by atoms with Crippen molar-refractivity contribution in [1.29, 1.82) is 0 Å². The van der Waals surface area contributed by atoms with Crippen molar-refractivity contribution in [3.05, 3.63) is 24.5 Å². The van der Waals surface area contributed by atoms with E-state index < -0.39 is 24.4 Å². The Morgan fingerprint density at radius 3 is 2.43 bits per heavy atom. The highest BCUT2D eigenvalue weighted by atomic mass is 16.7. The molecule has 1 saturated heterocycles. The van der Waals surface area contributed by atoms with Crippen molar-refractivity contribution in [3.8, 4) is 0 Å². The molecule has 3 rings (SSSR count). The van der Waals surface area contributed by atoms with E-state index in [1.807, 2.05) is 33.8 Å². The van der Waals surface area contributed by atoms with Gasteiger partial charge in [0.25, 0.3) is 0 Å². The van der Waals surface area contributed by atoms with Gasteiger partial charge in [-0.1, -0.05) is 6.07 Å². The number of fused-ring (bicyclic) bond motifs is 1. The first-order valence-corrected chi connectivity index (χ1v) is 6.77. The van der Waals surface area contributed by atoms with E-state index in [0.29, 0.717) is 11.0 Å². The standard InChI is InChI=1S/C14H17BN2O4/c1-13(2)14(3,4)21-15(20-13)9-5-6-10-11(7-9)17(8-16-10)12(18)19/h5-8H,1-4H3,(H,18,19). The second-order valence-electron chi connectivity index (χ2n) is 6.23. The second-order valence-corrected chi connectivity index (χ2v) is 6.23. The zero-order valence-corrected chi connectivity index (χ0v) is 12.5. The van der Waals surface area contributed by atoms with Crippen molar-refractivity contribution >= 4 is 29.7 Å². The number of hydrogen-bond acceptors (Lipinski definition) is 4. The maximum Gasteiger partial charge on any atom is 0.494 e. The van der Waals surface area contributed by atoms with E-state index in [1.165, 1.54) is 6.33 Å². The van der Waals surface area contributed by atoms with Crippen LogP contribution in [-0.2, 0) is 9.31 Å². The van der Waals surface area contributed by atoms with Crippen LogP contribution in [0.5, 0.6) is 0 Å². The Morgan fingerprint density at radius 2 is 1.86 bits per heavy atom. The highest BCUT2D eigenvalue weighted by Crippen LogP contribution is 2.36. The Bertz CT molecular complexity index is 707. The van der Waals surface area contributed by atoms with Gasteiger partial charge in [0.2, 0.25) is 0 Å². The molecule has 0 amide bonds. The molecule has 1 fully saturated rings. The first-order chi connectivity index (χ1) is 9.71. The van der Waals surface area contributed by atoms with Crippen LogP contribution in [0.2, 0.25) is 0 Å². The molecule has 1 aliphatic rings. The maximum atomic E-state index is 11.2. The molecule has 110 valence electrons. The minimum absolute atomic E-state index is 0.431. The van der Waals surface area contributed by atoms with E-state index >= 15 is 0 Å². The zero-order valence-electron chi connectivity index (χ0n) is 12.5. The van der Waals surface area contributed by atoms with Gasteiger partial charge in [0.05, 0.1) is 22.2 Å². The summed E-state index contributed by atoms with van der Waals surface area (Å²) in [5.41, 5.74) is 1.07. The fourth-order valence-electron chi connectivity index (χ4n) is 2.30. The maximum absolute atomic E-state index is 11.2. The molecule has 0 unspecified atom stereocenters. The van der Waals surface area contributed by atoms with Crippen molar-refractivity contribution < 1.29 is 19.2 Å². The van der Waals surface area contributed by atoms with Crippen LogP contribution in [-0.4, -0.2) is 39.1 Å². The fourth-order valence-corrected chi connectivity index (χ4v) is 2.30. The van der Waals surface area contributed by atoms with Gasteiger partial charge in [-0.15, -0.1) is 0 Å². The Labute approximate surface area is 122 Å². The minimum Gasteiger partial charge on any atom is -0.464 e. The molecule has 0 aliphatic carbocycles. The summed E-state index contributed by atoms with van der Waals surface area (Å²) in [4.78, 5) is 15.2. The molecule has 1 aromatic heterocycles. The lowest BCUT2D eigenvalue weighted by Gasteiger charge is -2.32. The monoisotopic (exact) mass is 288 g/mol. The molecule has 21 heavy (non-hydrogen) atoms. The zero-order chi connectivity index (χ0) is 15.4. The molecule has 0 bridgehead atoms. The molecule has 0 saturated carbocycles. The molecule has 7 heteroatoms. The SMILES string of the molecule is CC1(C)OB(c2ccc3ncn(C(=O)O)c3c2)OC1(C)C. The average molecular weight is 288 g/mol. The summed E-state index contributed by atoms with van der Waals surface area (Å²) < 4.78 is 13.0. The molecular formula is C14H17BN2O4. The van der Waals surface area contributed by atoms with Gasteiger partial charge in [-0.3, -0.25) is 0 Å². The third-order valence-electron chi connectivity index (χ3n) is 4.30. The van der Waals surface area contributed by atoms with Crippen LogP contribution in [0.1, 0.15) is 27.7 Å². The number of aromatic nitrogens is 2. The fraction of sp³-hybridized carbons (Fsp3) is 0.429. The smallest absolute Gasteiger partial charge is 0.464 e. The normalized spacial score (nSPS) is 20.1. The van der Waals surface area contributed by atoms with Crippen molar-refractivity contribution in [2.75, 3.05) is 0 Å². The number of benzene rings is 1. The van der Waals surface area contributed by atoms with Crippen molar-refractivity contribution in [1.82, 2.24) is 9.55 Å². The summed E-state index contributed by atoms with van der Waals surface area (Å²) in [6, 6.07) is 5.37. The van der Waals surface area contributed by atoms with Gasteiger partial charge >= 0.3 is 13.2 Å². The lowest BCUT2D eigenvalue weighted by molar-refractivity contribution is 0.00578. The number of carboxylic acid groups (broad SMARTS) is 1. The van der Waals surface area contributed by atoms with Gasteiger partial charge < -0.3 is 14.4 Å². The number of nitrogens with zero attached hydrogens (tertiary/aromatic N) is 2. The van der Waals surface area contributed by atoms with Crippen molar-refractivity contribution in [2.24, 2.45) is 0 Å². The highest BCUT2D eigenvalue weighted by Gasteiger charge is 2.51. The molecule has 1 aromatic carbocycles. The lowest BCUT2D eigenvalue weighted by atomic mass is 9.79. The molecule has 0 spiro atoms. The predicted octanol–water partition coefficient (Wildman–Crippen LogP) is 1.86. The first-order valence-electron chi connectivity index (χ1n) is 6.77. The predicted molar refractivity (Wildman–Crippen MR) is 78.9 cm³/mol.